The first-order valence-corrected chi connectivity index (χ1v) is 6.49. The van der Waals surface area contributed by atoms with Gasteiger partial charge in [-0.3, -0.25) is 4.57 Å². The number of rotatable bonds is 3. The van der Waals surface area contributed by atoms with E-state index >= 15 is 0 Å². The first-order valence-electron chi connectivity index (χ1n) is 4.81. The van der Waals surface area contributed by atoms with Crippen molar-refractivity contribution in [3.8, 4) is 12.1 Å². The lowest BCUT2D eigenvalue weighted by Gasteiger charge is -1.97. The lowest BCUT2D eigenvalue weighted by molar-refractivity contribution is 0.386. The summed E-state index contributed by atoms with van der Waals surface area (Å²) in [6.45, 7) is 0. The van der Waals surface area contributed by atoms with E-state index < -0.39 is 7.60 Å². The second-order valence-electron chi connectivity index (χ2n) is 3.35. The van der Waals surface area contributed by atoms with Crippen molar-refractivity contribution in [1.29, 1.82) is 10.5 Å². The molecule has 5 nitrogen and oxygen atoms in total. The topological polar surface area (TPSA) is 105 Å². The molecule has 1 aromatic rings. The fraction of sp³-hybridized carbons (Fsp3) is 0. The van der Waals surface area contributed by atoms with E-state index in [1.807, 2.05) is 0 Å². The smallest absolute Gasteiger partial charge is 0.321 e. The minimum atomic E-state index is -4.15. The highest BCUT2D eigenvalue weighted by Gasteiger charge is 2.04. The average Bonchev–Trinajstić information content (AvgIpc) is 2.34. The van der Waals surface area contributed by atoms with Crippen LogP contribution >= 0.6 is 7.60 Å². The van der Waals surface area contributed by atoms with Crippen LogP contribution in [0.3, 0.4) is 0 Å². The molecule has 0 aliphatic carbocycles. The molecule has 0 amide bonds. The molecule has 0 aromatic heterocycles. The molecule has 1 rings (SSSR count). The molecule has 0 aliphatic heterocycles. The van der Waals surface area contributed by atoms with Crippen LogP contribution in [0, 0.1) is 22.7 Å². The quantitative estimate of drug-likeness (QED) is 0.640. The van der Waals surface area contributed by atoms with Gasteiger partial charge in [-0.1, -0.05) is 24.3 Å². The minimum Gasteiger partial charge on any atom is -0.321 e. The number of hydrogen-bond donors (Lipinski definition) is 2. The fourth-order valence-corrected chi connectivity index (χ4v) is 1.51. The molecule has 0 atom stereocenters. The first kappa shape index (κ1) is 13.9. The lowest BCUT2D eigenvalue weighted by Crippen LogP contribution is -1.78. The molecule has 0 radical (unpaired) electrons. The van der Waals surface area contributed by atoms with Crippen molar-refractivity contribution in [3.63, 3.8) is 0 Å². The first-order chi connectivity index (χ1) is 8.44. The second-order valence-corrected chi connectivity index (χ2v) is 4.83. The van der Waals surface area contributed by atoms with E-state index in [1.165, 1.54) is 12.2 Å². The Labute approximate surface area is 104 Å². The summed E-state index contributed by atoms with van der Waals surface area (Å²) in [6.07, 6.45) is 2.74. The standard InChI is InChI=1S/C12H9N2O3P/c13-8-12(9-14)7-11-3-1-10(2-4-11)5-6-18(15,16)17/h1-7H,(H2,15,16,17). The lowest BCUT2D eigenvalue weighted by atomic mass is 10.1. The van der Waals surface area contributed by atoms with Gasteiger partial charge in [0.05, 0.1) is 0 Å². The minimum absolute atomic E-state index is 0.00601. The molecule has 0 aliphatic rings. The monoisotopic (exact) mass is 260 g/mol. The Morgan fingerprint density at radius 1 is 1.11 bits per heavy atom. The molecule has 2 N–H and O–H groups in total. The average molecular weight is 260 g/mol. The van der Waals surface area contributed by atoms with Gasteiger partial charge in [-0.05, 0) is 23.3 Å². The molecule has 0 unspecified atom stereocenters. The molecule has 0 heterocycles. The molecule has 0 fully saturated rings. The predicted octanol–water partition coefficient (Wildman–Crippen LogP) is 2.27. The van der Waals surface area contributed by atoms with Gasteiger partial charge >= 0.3 is 7.60 Å². The maximum atomic E-state index is 10.6. The Bertz CT molecular complexity index is 596. The number of hydrogen-bond acceptors (Lipinski definition) is 3. The van der Waals surface area contributed by atoms with Crippen molar-refractivity contribution in [1.82, 2.24) is 0 Å². The highest BCUT2D eigenvalue weighted by atomic mass is 31.2. The molecular weight excluding hydrogens is 251 g/mol. The van der Waals surface area contributed by atoms with Crippen LogP contribution < -0.4 is 0 Å². The SMILES string of the molecule is N#CC(C#N)=Cc1ccc(C=CP(=O)(O)O)cc1. The summed E-state index contributed by atoms with van der Waals surface area (Å²) in [6, 6.07) is 10.0. The van der Waals surface area contributed by atoms with E-state index in [0.717, 1.165) is 5.82 Å². The van der Waals surface area contributed by atoms with Gasteiger partial charge < -0.3 is 9.79 Å². The van der Waals surface area contributed by atoms with Crippen LogP contribution in [0.1, 0.15) is 11.1 Å². The molecular formula is C12H9N2O3P. The summed E-state index contributed by atoms with van der Waals surface area (Å²) in [5.41, 5.74) is 1.28. The Balaban J connectivity index is 2.92. The van der Waals surface area contributed by atoms with Gasteiger partial charge in [0.1, 0.15) is 17.7 Å². The molecule has 0 spiro atoms. The zero-order valence-corrected chi connectivity index (χ0v) is 10.1. The highest BCUT2D eigenvalue weighted by molar-refractivity contribution is 7.55. The van der Waals surface area contributed by atoms with Crippen LogP contribution in [-0.4, -0.2) is 9.79 Å². The van der Waals surface area contributed by atoms with E-state index in [-0.39, 0.29) is 5.57 Å². The third-order valence-corrected chi connectivity index (χ3v) is 2.49. The summed E-state index contributed by atoms with van der Waals surface area (Å²) in [4.78, 5) is 17.3. The summed E-state index contributed by atoms with van der Waals surface area (Å²) in [5, 5.41) is 17.2. The molecule has 0 saturated carbocycles. The van der Waals surface area contributed by atoms with Gasteiger partial charge in [-0.25, -0.2) is 0 Å². The van der Waals surface area contributed by atoms with Crippen LogP contribution in [0.25, 0.3) is 12.2 Å². The molecule has 18 heavy (non-hydrogen) atoms. The van der Waals surface area contributed by atoms with E-state index in [2.05, 4.69) is 0 Å². The Morgan fingerprint density at radius 2 is 1.61 bits per heavy atom. The van der Waals surface area contributed by atoms with Crippen LogP contribution in [0.5, 0.6) is 0 Å². The predicted molar refractivity (Wildman–Crippen MR) is 66.7 cm³/mol. The van der Waals surface area contributed by atoms with Crippen LogP contribution in [-0.2, 0) is 4.57 Å². The van der Waals surface area contributed by atoms with Gasteiger partial charge in [-0.15, -0.1) is 0 Å². The zero-order chi connectivity index (χ0) is 13.6. The molecule has 0 bridgehead atoms. The molecule has 90 valence electrons. The van der Waals surface area contributed by atoms with Gasteiger partial charge in [0.2, 0.25) is 0 Å². The molecule has 6 heteroatoms. The van der Waals surface area contributed by atoms with Gasteiger partial charge in [-0.2, -0.15) is 10.5 Å². The van der Waals surface area contributed by atoms with Crippen molar-refractivity contribution in [2.75, 3.05) is 0 Å². The summed E-state index contributed by atoms with van der Waals surface area (Å²) in [5.74, 6) is 0.813. The van der Waals surface area contributed by atoms with Crippen molar-refractivity contribution in [3.05, 3.63) is 46.8 Å². The normalized spacial score (nSPS) is 10.7. The summed E-state index contributed by atoms with van der Waals surface area (Å²) < 4.78 is 10.6. The Kier molecular flexibility index (Phi) is 4.59. The van der Waals surface area contributed by atoms with Crippen molar-refractivity contribution >= 4 is 19.7 Å². The van der Waals surface area contributed by atoms with E-state index in [1.54, 1.807) is 36.4 Å². The largest absolute Gasteiger partial charge is 0.349 e. The maximum Gasteiger partial charge on any atom is 0.349 e. The Morgan fingerprint density at radius 3 is 2.06 bits per heavy atom. The molecule has 1 aromatic carbocycles. The van der Waals surface area contributed by atoms with Crippen LogP contribution in [0.4, 0.5) is 0 Å². The number of nitriles is 2. The zero-order valence-electron chi connectivity index (χ0n) is 9.19. The van der Waals surface area contributed by atoms with Gasteiger partial charge in [0.25, 0.3) is 0 Å². The number of allylic oxidation sites excluding steroid dienone is 1. The third-order valence-electron chi connectivity index (χ3n) is 1.95. The molecule has 0 saturated heterocycles. The third kappa shape index (κ3) is 4.78. The van der Waals surface area contributed by atoms with Gasteiger partial charge in [0.15, 0.2) is 0 Å². The highest BCUT2D eigenvalue weighted by Crippen LogP contribution is 2.36. The number of benzene rings is 1. The Hall–Kier alpha value is -2.17. The van der Waals surface area contributed by atoms with Crippen molar-refractivity contribution in [2.45, 2.75) is 0 Å². The van der Waals surface area contributed by atoms with Gasteiger partial charge in [0, 0.05) is 5.82 Å². The van der Waals surface area contributed by atoms with Crippen LogP contribution in [0.2, 0.25) is 0 Å². The van der Waals surface area contributed by atoms with Crippen molar-refractivity contribution in [2.24, 2.45) is 0 Å². The second kappa shape index (κ2) is 5.95. The van der Waals surface area contributed by atoms with Crippen LogP contribution in [0.15, 0.2) is 35.7 Å². The number of nitrogens with zero attached hydrogens (tertiary/aromatic N) is 2. The van der Waals surface area contributed by atoms with Crippen molar-refractivity contribution < 1.29 is 14.4 Å². The van der Waals surface area contributed by atoms with E-state index in [9.17, 15) is 4.57 Å². The summed E-state index contributed by atoms with van der Waals surface area (Å²) in [7, 11) is -4.15. The van der Waals surface area contributed by atoms with E-state index in [4.69, 9.17) is 20.3 Å². The van der Waals surface area contributed by atoms with E-state index in [0.29, 0.717) is 11.1 Å². The fourth-order valence-electron chi connectivity index (χ4n) is 1.14. The maximum absolute atomic E-state index is 10.6. The summed E-state index contributed by atoms with van der Waals surface area (Å²) >= 11 is 0.